The molecule has 0 radical (unpaired) electrons. The van der Waals surface area contributed by atoms with Gasteiger partial charge in [-0.05, 0) is 12.8 Å². The molecule has 1 aliphatic carbocycles. The minimum absolute atomic E-state index is 0.0981. The molecule has 2 rings (SSSR count). The number of halogens is 3. The lowest BCUT2D eigenvalue weighted by atomic mass is 10.2. The SMILES string of the molecule is Cn1cc(CN(C(=O)CCC(F)(F)F)C2CC2)cn1. The zero-order valence-corrected chi connectivity index (χ0v) is 10.7. The third kappa shape index (κ3) is 4.25. The van der Waals surface area contributed by atoms with Gasteiger partial charge in [-0.3, -0.25) is 9.48 Å². The van der Waals surface area contributed by atoms with Crippen LogP contribution in [0, 0.1) is 0 Å². The Morgan fingerprint density at radius 2 is 2.21 bits per heavy atom. The molecule has 0 unspecified atom stereocenters. The summed E-state index contributed by atoms with van der Waals surface area (Å²) in [6.45, 7) is 0.342. The quantitative estimate of drug-likeness (QED) is 0.826. The number of hydrogen-bond acceptors (Lipinski definition) is 2. The van der Waals surface area contributed by atoms with E-state index in [-0.39, 0.29) is 6.04 Å². The number of amides is 1. The van der Waals surface area contributed by atoms with Crippen LogP contribution in [0.2, 0.25) is 0 Å². The second-order valence-corrected chi connectivity index (χ2v) is 4.89. The lowest BCUT2D eigenvalue weighted by molar-refractivity contribution is -0.149. The van der Waals surface area contributed by atoms with Crippen molar-refractivity contribution in [2.45, 2.75) is 44.4 Å². The number of alkyl halides is 3. The van der Waals surface area contributed by atoms with Crippen LogP contribution in [0.5, 0.6) is 0 Å². The van der Waals surface area contributed by atoms with Crippen molar-refractivity contribution >= 4 is 5.91 Å². The van der Waals surface area contributed by atoms with Crippen LogP contribution < -0.4 is 0 Å². The van der Waals surface area contributed by atoms with Gasteiger partial charge in [0.1, 0.15) is 0 Å². The molecule has 1 aliphatic rings. The fraction of sp³-hybridized carbons (Fsp3) is 0.667. The zero-order valence-electron chi connectivity index (χ0n) is 10.7. The van der Waals surface area contributed by atoms with Crippen LogP contribution in [0.4, 0.5) is 13.2 Å². The lowest BCUT2D eigenvalue weighted by Crippen LogP contribution is -2.33. The van der Waals surface area contributed by atoms with Crippen molar-refractivity contribution in [3.63, 3.8) is 0 Å². The van der Waals surface area contributed by atoms with E-state index in [9.17, 15) is 18.0 Å². The molecule has 1 aromatic rings. The van der Waals surface area contributed by atoms with Gasteiger partial charge in [-0.25, -0.2) is 0 Å². The van der Waals surface area contributed by atoms with E-state index in [0.717, 1.165) is 18.4 Å². The van der Waals surface area contributed by atoms with Gasteiger partial charge >= 0.3 is 6.18 Å². The number of aromatic nitrogens is 2. The van der Waals surface area contributed by atoms with Crippen molar-refractivity contribution in [2.24, 2.45) is 7.05 Å². The molecule has 1 fully saturated rings. The molecule has 19 heavy (non-hydrogen) atoms. The molecular formula is C12H16F3N3O. The van der Waals surface area contributed by atoms with Crippen molar-refractivity contribution in [1.29, 1.82) is 0 Å². The first-order valence-corrected chi connectivity index (χ1v) is 6.19. The minimum Gasteiger partial charge on any atom is -0.335 e. The molecule has 1 heterocycles. The topological polar surface area (TPSA) is 38.1 Å². The maximum absolute atomic E-state index is 12.1. The van der Waals surface area contributed by atoms with E-state index >= 15 is 0 Å². The van der Waals surface area contributed by atoms with Gasteiger partial charge in [0.05, 0.1) is 12.6 Å². The molecular weight excluding hydrogens is 259 g/mol. The molecule has 4 nitrogen and oxygen atoms in total. The number of nitrogens with zero attached hydrogens (tertiary/aromatic N) is 3. The minimum atomic E-state index is -4.28. The van der Waals surface area contributed by atoms with Crippen LogP contribution in [0.25, 0.3) is 0 Å². The Balaban J connectivity index is 1.94. The van der Waals surface area contributed by atoms with Crippen LogP contribution in [0.3, 0.4) is 0 Å². The highest BCUT2D eigenvalue weighted by atomic mass is 19.4. The average Bonchev–Trinajstić information content (AvgIpc) is 3.06. The van der Waals surface area contributed by atoms with Gasteiger partial charge in [-0.2, -0.15) is 18.3 Å². The summed E-state index contributed by atoms with van der Waals surface area (Å²) in [6, 6.07) is 0.0981. The van der Waals surface area contributed by atoms with E-state index in [4.69, 9.17) is 0 Å². The largest absolute Gasteiger partial charge is 0.389 e. The highest BCUT2D eigenvalue weighted by Crippen LogP contribution is 2.30. The van der Waals surface area contributed by atoms with Gasteiger partial charge in [0.15, 0.2) is 0 Å². The smallest absolute Gasteiger partial charge is 0.335 e. The van der Waals surface area contributed by atoms with Gasteiger partial charge in [-0.1, -0.05) is 0 Å². The Morgan fingerprint density at radius 3 is 2.68 bits per heavy atom. The lowest BCUT2D eigenvalue weighted by Gasteiger charge is -2.22. The average molecular weight is 275 g/mol. The molecule has 7 heteroatoms. The Labute approximate surface area is 109 Å². The van der Waals surface area contributed by atoms with E-state index in [2.05, 4.69) is 5.10 Å². The molecule has 1 aromatic heterocycles. The molecule has 106 valence electrons. The number of carbonyl (C=O) groups excluding carboxylic acids is 1. The summed E-state index contributed by atoms with van der Waals surface area (Å²) in [4.78, 5) is 13.4. The predicted molar refractivity (Wildman–Crippen MR) is 62.1 cm³/mol. The molecule has 0 saturated heterocycles. The first-order valence-electron chi connectivity index (χ1n) is 6.19. The molecule has 1 amide bonds. The molecule has 0 aliphatic heterocycles. The number of aryl methyl sites for hydroxylation is 1. The highest BCUT2D eigenvalue weighted by molar-refractivity contribution is 5.76. The highest BCUT2D eigenvalue weighted by Gasteiger charge is 2.35. The number of hydrogen-bond donors (Lipinski definition) is 0. The summed E-state index contributed by atoms with van der Waals surface area (Å²) in [7, 11) is 1.76. The van der Waals surface area contributed by atoms with Crippen molar-refractivity contribution in [3.8, 4) is 0 Å². The summed E-state index contributed by atoms with van der Waals surface area (Å²) >= 11 is 0. The Morgan fingerprint density at radius 1 is 1.53 bits per heavy atom. The summed E-state index contributed by atoms with van der Waals surface area (Å²) in [5, 5.41) is 3.99. The van der Waals surface area contributed by atoms with Crippen LogP contribution in [0.1, 0.15) is 31.2 Å². The van der Waals surface area contributed by atoms with E-state index in [0.29, 0.717) is 6.54 Å². The van der Waals surface area contributed by atoms with Gasteiger partial charge in [0, 0.05) is 37.8 Å². The van der Waals surface area contributed by atoms with Gasteiger partial charge in [-0.15, -0.1) is 0 Å². The van der Waals surface area contributed by atoms with Crippen LogP contribution in [-0.2, 0) is 18.4 Å². The molecule has 0 atom stereocenters. The molecule has 0 N–H and O–H groups in total. The molecule has 1 saturated carbocycles. The third-order valence-electron chi connectivity index (χ3n) is 3.04. The Kier molecular flexibility index (Phi) is 3.82. The van der Waals surface area contributed by atoms with Crippen LogP contribution in [0.15, 0.2) is 12.4 Å². The van der Waals surface area contributed by atoms with E-state index in [1.807, 2.05) is 0 Å². The van der Waals surface area contributed by atoms with E-state index in [1.54, 1.807) is 29.0 Å². The third-order valence-corrected chi connectivity index (χ3v) is 3.04. The first kappa shape index (κ1) is 13.9. The van der Waals surface area contributed by atoms with E-state index in [1.165, 1.54) is 0 Å². The first-order chi connectivity index (χ1) is 8.85. The Bertz CT molecular complexity index is 451. The second-order valence-electron chi connectivity index (χ2n) is 4.89. The van der Waals surface area contributed by atoms with E-state index < -0.39 is 24.9 Å². The Hall–Kier alpha value is -1.53. The number of rotatable bonds is 5. The van der Waals surface area contributed by atoms with Gasteiger partial charge in [0.2, 0.25) is 5.91 Å². The molecule has 0 aromatic carbocycles. The maximum atomic E-state index is 12.1. The van der Waals surface area contributed by atoms with Gasteiger partial charge < -0.3 is 4.90 Å². The van der Waals surface area contributed by atoms with Crippen molar-refractivity contribution in [2.75, 3.05) is 0 Å². The number of carbonyl (C=O) groups is 1. The van der Waals surface area contributed by atoms with Crippen LogP contribution >= 0.6 is 0 Å². The van der Waals surface area contributed by atoms with Crippen LogP contribution in [-0.4, -0.2) is 32.8 Å². The normalized spacial score (nSPS) is 15.6. The zero-order chi connectivity index (χ0) is 14.0. The standard InChI is InChI=1S/C12H16F3N3O/c1-17-7-9(6-16-17)8-18(10-2-3-10)11(19)4-5-12(13,14)15/h6-7,10H,2-5,8H2,1H3. The van der Waals surface area contributed by atoms with Gasteiger partial charge in [0.25, 0.3) is 0 Å². The monoisotopic (exact) mass is 275 g/mol. The fourth-order valence-electron chi connectivity index (χ4n) is 1.95. The summed E-state index contributed by atoms with van der Waals surface area (Å²) < 4.78 is 38.0. The van der Waals surface area contributed by atoms with Crippen molar-refractivity contribution in [1.82, 2.24) is 14.7 Å². The van der Waals surface area contributed by atoms with Crippen molar-refractivity contribution < 1.29 is 18.0 Å². The second kappa shape index (κ2) is 5.22. The summed E-state index contributed by atoms with van der Waals surface area (Å²) in [6.07, 6.45) is -0.656. The summed E-state index contributed by atoms with van der Waals surface area (Å²) in [5.74, 6) is -0.427. The molecule has 0 spiro atoms. The predicted octanol–water partition coefficient (Wildman–Crippen LogP) is 2.25. The molecule has 0 bridgehead atoms. The maximum Gasteiger partial charge on any atom is 0.389 e. The summed E-state index contributed by atoms with van der Waals surface area (Å²) in [5.41, 5.74) is 0.842. The fourth-order valence-corrected chi connectivity index (χ4v) is 1.95. The van der Waals surface area contributed by atoms with Crippen molar-refractivity contribution in [3.05, 3.63) is 18.0 Å².